The molecule has 4 heteroatoms. The molecule has 0 unspecified atom stereocenters. The van der Waals surface area contributed by atoms with E-state index >= 15 is 0 Å². The summed E-state index contributed by atoms with van der Waals surface area (Å²) in [6.45, 7) is 2.25. The molecule has 0 saturated heterocycles. The number of thiocarbonyl (C=S) groups is 1. The lowest BCUT2D eigenvalue weighted by atomic mass is 9.80. The summed E-state index contributed by atoms with van der Waals surface area (Å²) in [6.07, 6.45) is 7.59. The third kappa shape index (κ3) is 6.11. The van der Waals surface area contributed by atoms with Crippen LogP contribution < -0.4 is 0 Å². The van der Waals surface area contributed by atoms with Crippen LogP contribution in [0.2, 0.25) is 0 Å². The van der Waals surface area contributed by atoms with Crippen LogP contribution >= 0.6 is 12.2 Å². The van der Waals surface area contributed by atoms with E-state index < -0.39 is 17.3 Å². The summed E-state index contributed by atoms with van der Waals surface area (Å²) >= 11 is 4.39. The lowest BCUT2D eigenvalue weighted by Gasteiger charge is -2.25. The first-order valence-corrected chi connectivity index (χ1v) is 10.7. The summed E-state index contributed by atoms with van der Waals surface area (Å²) in [4.78, 5) is 3.39. The molecule has 1 saturated carbocycles. The zero-order valence-corrected chi connectivity index (χ0v) is 17.8. The Morgan fingerprint density at radius 1 is 0.900 bits per heavy atom. The molecule has 1 aliphatic carbocycles. The third-order valence-electron chi connectivity index (χ3n) is 5.37. The zero-order valence-electron chi connectivity index (χ0n) is 17.0. The number of aliphatic imine (C=N–C) groups is 1. The van der Waals surface area contributed by atoms with Gasteiger partial charge < -0.3 is 0 Å². The second-order valence-corrected chi connectivity index (χ2v) is 7.78. The van der Waals surface area contributed by atoms with Gasteiger partial charge in [-0.1, -0.05) is 43.4 Å². The molecule has 30 heavy (non-hydrogen) atoms. The Morgan fingerprint density at radius 2 is 1.47 bits per heavy atom. The largest absolute Gasteiger partial charge is 0.204 e. The lowest BCUT2D eigenvalue weighted by Crippen LogP contribution is -2.13. The molecule has 1 nitrogen and oxygen atoms in total. The first-order valence-electron chi connectivity index (χ1n) is 10.3. The molecule has 1 fully saturated rings. The van der Waals surface area contributed by atoms with Gasteiger partial charge in [-0.15, -0.1) is 0 Å². The number of halogens is 2. The first kappa shape index (κ1) is 21.9. The molecule has 0 aliphatic heterocycles. The summed E-state index contributed by atoms with van der Waals surface area (Å²) in [7, 11) is 0. The van der Waals surface area contributed by atoms with Crippen LogP contribution in [-0.4, -0.2) is 5.16 Å². The average molecular weight is 420 g/mol. The number of rotatable bonds is 3. The molecular weight excluding hydrogens is 396 g/mol. The van der Waals surface area contributed by atoms with E-state index in [0.29, 0.717) is 5.92 Å². The Balaban J connectivity index is 1.64. The highest BCUT2D eigenvalue weighted by Crippen LogP contribution is 2.31. The van der Waals surface area contributed by atoms with Crippen molar-refractivity contribution in [2.24, 2.45) is 16.8 Å². The molecule has 2 aromatic carbocycles. The van der Waals surface area contributed by atoms with E-state index in [2.05, 4.69) is 47.8 Å². The topological polar surface area (TPSA) is 12.4 Å². The van der Waals surface area contributed by atoms with Crippen molar-refractivity contribution in [1.82, 2.24) is 0 Å². The molecule has 152 valence electrons. The van der Waals surface area contributed by atoms with Gasteiger partial charge in [0.05, 0.1) is 5.16 Å². The van der Waals surface area contributed by atoms with Crippen molar-refractivity contribution >= 4 is 23.1 Å². The smallest absolute Gasteiger partial charge is 0.153 e. The van der Waals surface area contributed by atoms with Gasteiger partial charge in [-0.05, 0) is 80.2 Å². The van der Waals surface area contributed by atoms with Crippen molar-refractivity contribution in [2.45, 2.75) is 45.4 Å². The first-order chi connectivity index (χ1) is 14.6. The van der Waals surface area contributed by atoms with Crippen LogP contribution in [0.15, 0.2) is 41.4 Å². The van der Waals surface area contributed by atoms with Gasteiger partial charge >= 0.3 is 0 Å². The van der Waals surface area contributed by atoms with Crippen molar-refractivity contribution in [2.75, 3.05) is 0 Å². The van der Waals surface area contributed by atoms with Crippen molar-refractivity contribution < 1.29 is 8.78 Å². The Morgan fingerprint density at radius 3 is 2.03 bits per heavy atom. The van der Waals surface area contributed by atoms with Crippen LogP contribution in [-0.2, 0) is 0 Å². The number of hydrogen-bond donors (Lipinski definition) is 0. The fourth-order valence-corrected chi connectivity index (χ4v) is 3.85. The lowest BCUT2D eigenvalue weighted by molar-refractivity contribution is 0.300. The molecule has 3 rings (SSSR count). The standard InChI is InChI=1S/C26H23F2NS/c1-2-3-19-4-6-20(7-5-19)8-9-21-10-12-22(13-11-21)14-15-23-16-24(27)26(29-18-30)25(28)17-23/h10-13,16-17,19-20H,2-7H2,1H3. The summed E-state index contributed by atoms with van der Waals surface area (Å²) in [5.74, 6) is 12.1. The minimum atomic E-state index is -0.814. The fraction of sp³-hybridized carbons (Fsp3) is 0.346. The average Bonchev–Trinajstić information content (AvgIpc) is 2.75. The van der Waals surface area contributed by atoms with E-state index in [1.807, 2.05) is 29.4 Å². The number of isothiocyanates is 1. The van der Waals surface area contributed by atoms with Gasteiger partial charge in [-0.2, -0.15) is 4.99 Å². The predicted molar refractivity (Wildman–Crippen MR) is 121 cm³/mol. The van der Waals surface area contributed by atoms with Crippen molar-refractivity contribution in [3.05, 3.63) is 64.7 Å². The molecule has 0 spiro atoms. The molecule has 0 amide bonds. The maximum absolute atomic E-state index is 13.9. The Bertz CT molecular complexity index is 1030. The molecule has 0 N–H and O–H groups in total. The van der Waals surface area contributed by atoms with Crippen LogP contribution in [0.4, 0.5) is 14.5 Å². The van der Waals surface area contributed by atoms with E-state index in [1.54, 1.807) is 0 Å². The third-order valence-corrected chi connectivity index (χ3v) is 5.47. The minimum absolute atomic E-state index is 0.232. The molecule has 0 bridgehead atoms. The molecular formula is C26H23F2NS. The molecule has 1 aliphatic rings. The van der Waals surface area contributed by atoms with E-state index in [0.717, 1.165) is 29.2 Å². The van der Waals surface area contributed by atoms with Crippen LogP contribution in [0, 0.1) is 47.2 Å². The highest BCUT2D eigenvalue weighted by atomic mass is 32.1. The van der Waals surface area contributed by atoms with Crippen LogP contribution in [0.1, 0.15) is 62.1 Å². The molecule has 0 aromatic heterocycles. The van der Waals surface area contributed by atoms with Gasteiger partial charge in [0.25, 0.3) is 0 Å². The minimum Gasteiger partial charge on any atom is -0.204 e. The monoisotopic (exact) mass is 419 g/mol. The van der Waals surface area contributed by atoms with Crippen molar-refractivity contribution in [3.63, 3.8) is 0 Å². The molecule has 0 radical (unpaired) electrons. The van der Waals surface area contributed by atoms with Gasteiger partial charge in [-0.3, -0.25) is 0 Å². The van der Waals surface area contributed by atoms with Crippen LogP contribution in [0.5, 0.6) is 0 Å². The van der Waals surface area contributed by atoms with Crippen LogP contribution in [0.25, 0.3) is 0 Å². The SMILES string of the molecule is CCCC1CCC(C#Cc2ccc(C#Cc3cc(F)c(N=C=S)c(F)c3)cc2)CC1. The van der Waals surface area contributed by atoms with Gasteiger partial charge in [0.2, 0.25) is 0 Å². The Hall–Kier alpha value is -2.78. The second-order valence-electron chi connectivity index (χ2n) is 7.59. The number of nitrogens with zero attached hydrogens (tertiary/aromatic N) is 1. The highest BCUT2D eigenvalue weighted by molar-refractivity contribution is 7.78. The van der Waals surface area contributed by atoms with Gasteiger partial charge in [-0.25, -0.2) is 8.78 Å². The summed E-state index contributed by atoms with van der Waals surface area (Å²) < 4.78 is 27.7. The number of benzene rings is 2. The number of hydrogen-bond acceptors (Lipinski definition) is 2. The van der Waals surface area contributed by atoms with Gasteiger partial charge in [0, 0.05) is 22.6 Å². The summed E-state index contributed by atoms with van der Waals surface area (Å²) in [5, 5.41) is 1.97. The van der Waals surface area contributed by atoms with E-state index in [9.17, 15) is 8.78 Å². The second kappa shape index (κ2) is 10.8. The molecule has 0 heterocycles. The zero-order chi connectivity index (χ0) is 21.3. The highest BCUT2D eigenvalue weighted by Gasteiger charge is 2.18. The summed E-state index contributed by atoms with van der Waals surface area (Å²) in [6, 6.07) is 9.86. The van der Waals surface area contributed by atoms with Crippen LogP contribution in [0.3, 0.4) is 0 Å². The quantitative estimate of drug-likeness (QED) is 0.295. The normalized spacial score (nSPS) is 17.7. The fourth-order valence-electron chi connectivity index (χ4n) is 3.76. The Kier molecular flexibility index (Phi) is 7.92. The predicted octanol–water partition coefficient (Wildman–Crippen LogP) is 7.06. The van der Waals surface area contributed by atoms with E-state index in [-0.39, 0.29) is 5.56 Å². The van der Waals surface area contributed by atoms with Crippen molar-refractivity contribution in [1.29, 1.82) is 0 Å². The van der Waals surface area contributed by atoms with Gasteiger partial charge in [0.15, 0.2) is 11.6 Å². The van der Waals surface area contributed by atoms with Crippen molar-refractivity contribution in [3.8, 4) is 23.7 Å². The van der Waals surface area contributed by atoms with Gasteiger partial charge in [0.1, 0.15) is 5.69 Å². The maximum Gasteiger partial charge on any atom is 0.153 e. The van der Waals surface area contributed by atoms with E-state index in [1.165, 1.54) is 38.5 Å². The van der Waals surface area contributed by atoms with E-state index in [4.69, 9.17) is 0 Å². The maximum atomic E-state index is 13.9. The molecule has 0 atom stereocenters. The summed E-state index contributed by atoms with van der Waals surface area (Å²) in [5.41, 5.74) is 1.49. The molecule has 2 aromatic rings. The Labute approximate surface area is 182 Å².